The molecule has 0 heterocycles. The minimum absolute atomic E-state index is 0.0706. The van der Waals surface area contributed by atoms with Crippen molar-refractivity contribution >= 4 is 0 Å². The molecule has 0 radical (unpaired) electrons. The number of hydrogen-bond donors (Lipinski definition) is 3. The summed E-state index contributed by atoms with van der Waals surface area (Å²) in [5.74, 6) is 0. The molecule has 0 spiro atoms. The van der Waals surface area contributed by atoms with Crippen LogP contribution in [0.2, 0.25) is 0 Å². The molecule has 0 aromatic heterocycles. The Morgan fingerprint density at radius 3 is 0.640 bits per heavy atom. The molecule has 0 aliphatic heterocycles. The van der Waals surface area contributed by atoms with Crippen LogP contribution in [-0.4, -0.2) is 16.6 Å². The first-order chi connectivity index (χ1) is 10.5. The summed E-state index contributed by atoms with van der Waals surface area (Å²) in [5.41, 5.74) is 0.814. The monoisotopic (exact) mass is 481 g/mol. The molecule has 0 fully saturated rings. The van der Waals surface area contributed by atoms with Crippen LogP contribution in [0.1, 0.15) is 104 Å². The summed E-state index contributed by atoms with van der Waals surface area (Å²) in [5, 5.41) is 0. The SMILES string of the molecule is CC(C)(C)C(C)(C)[NH][La]([NH]C(C)(C)C(C)(C)C)[NH]C(C)(C)C(C)(C)C. The Labute approximate surface area is 173 Å². The normalized spacial score (nSPS) is 15.5. The maximum absolute atomic E-state index is 4.09. The van der Waals surface area contributed by atoms with E-state index < -0.39 is 31.1 Å². The molecule has 0 amide bonds. The van der Waals surface area contributed by atoms with Crippen LogP contribution in [-0.2, 0) is 0 Å². The Hall–Kier alpha value is 1.07. The van der Waals surface area contributed by atoms with Crippen LogP contribution in [0, 0.1) is 47.3 Å². The maximum atomic E-state index is 4.09. The molecule has 4 heteroatoms. The molecular weight excluding hydrogens is 433 g/mol. The Kier molecular flexibility index (Phi) is 8.17. The van der Waals surface area contributed by atoms with E-state index in [9.17, 15) is 0 Å². The third kappa shape index (κ3) is 7.20. The molecule has 3 N–H and O–H groups in total. The molecular formula is C21H48LaN3. The van der Waals surface area contributed by atoms with E-state index in [0.29, 0.717) is 0 Å². The minimum atomic E-state index is -2.66. The van der Waals surface area contributed by atoms with Crippen LogP contribution in [0.5, 0.6) is 0 Å². The Balaban J connectivity index is 5.70. The van der Waals surface area contributed by atoms with Gasteiger partial charge in [0.2, 0.25) is 0 Å². The summed E-state index contributed by atoms with van der Waals surface area (Å²) in [6.07, 6.45) is 0. The van der Waals surface area contributed by atoms with Gasteiger partial charge in [0.15, 0.2) is 0 Å². The molecule has 0 aromatic carbocycles. The van der Waals surface area contributed by atoms with Gasteiger partial charge in [-0.3, -0.25) is 0 Å². The van der Waals surface area contributed by atoms with Crippen molar-refractivity contribution in [2.45, 2.75) is 120 Å². The molecule has 0 rings (SSSR count). The molecule has 0 bridgehead atoms. The van der Waals surface area contributed by atoms with Gasteiger partial charge in [-0.2, -0.15) is 0 Å². The van der Waals surface area contributed by atoms with Crippen molar-refractivity contribution in [1.29, 1.82) is 0 Å². The van der Waals surface area contributed by atoms with E-state index >= 15 is 0 Å². The van der Waals surface area contributed by atoms with Crippen molar-refractivity contribution in [2.24, 2.45) is 16.2 Å². The Morgan fingerprint density at radius 2 is 0.520 bits per heavy atom. The summed E-state index contributed by atoms with van der Waals surface area (Å²) >= 11 is -2.66. The van der Waals surface area contributed by atoms with E-state index in [2.05, 4.69) is 110 Å². The zero-order valence-corrected chi connectivity index (χ0v) is 23.7. The van der Waals surface area contributed by atoms with Gasteiger partial charge in [-0.15, -0.1) is 0 Å². The quantitative estimate of drug-likeness (QED) is 0.463. The first-order valence-corrected chi connectivity index (χ1v) is 15.3. The van der Waals surface area contributed by atoms with Gasteiger partial charge in [0, 0.05) is 0 Å². The van der Waals surface area contributed by atoms with Crippen molar-refractivity contribution in [2.75, 3.05) is 0 Å². The van der Waals surface area contributed by atoms with Crippen molar-refractivity contribution in [3.8, 4) is 0 Å². The predicted molar refractivity (Wildman–Crippen MR) is 110 cm³/mol. The molecule has 0 unspecified atom stereocenters. The van der Waals surface area contributed by atoms with E-state index in [1.165, 1.54) is 0 Å². The van der Waals surface area contributed by atoms with Crippen molar-refractivity contribution < 1.29 is 31.1 Å². The summed E-state index contributed by atoms with van der Waals surface area (Å²) in [7, 11) is 0. The average molecular weight is 482 g/mol. The van der Waals surface area contributed by atoms with E-state index in [1.807, 2.05) is 0 Å². The van der Waals surface area contributed by atoms with E-state index in [0.717, 1.165) is 0 Å². The molecule has 0 aliphatic rings. The van der Waals surface area contributed by atoms with E-state index in [1.54, 1.807) is 0 Å². The standard InChI is InChI=1S/3C7H16N.La/c3*1-6(2,3)7(4,5)8;/h3*8H,1-5H3;/q3*-1;+3. The van der Waals surface area contributed by atoms with Crippen molar-refractivity contribution in [3.63, 3.8) is 0 Å². The second-order valence-corrected chi connectivity index (χ2v) is 17.9. The van der Waals surface area contributed by atoms with Gasteiger partial charge < -0.3 is 0 Å². The first-order valence-electron chi connectivity index (χ1n) is 9.87. The Morgan fingerprint density at radius 1 is 0.360 bits per heavy atom. The summed E-state index contributed by atoms with van der Waals surface area (Å²) in [6, 6.07) is 0. The van der Waals surface area contributed by atoms with Crippen LogP contribution < -0.4 is 6.24 Å². The van der Waals surface area contributed by atoms with Gasteiger partial charge in [-0.25, -0.2) is 0 Å². The summed E-state index contributed by atoms with van der Waals surface area (Å²) < 4.78 is 12.3. The fourth-order valence-corrected chi connectivity index (χ4v) is 13.4. The van der Waals surface area contributed by atoms with Crippen LogP contribution in [0.3, 0.4) is 0 Å². The Bertz CT molecular complexity index is 365. The van der Waals surface area contributed by atoms with Gasteiger partial charge in [0.05, 0.1) is 0 Å². The number of rotatable bonds is 6. The second kappa shape index (κ2) is 7.83. The van der Waals surface area contributed by atoms with Crippen LogP contribution in [0.15, 0.2) is 0 Å². The molecule has 0 saturated heterocycles. The molecule has 0 saturated carbocycles. The van der Waals surface area contributed by atoms with Gasteiger partial charge in [-0.05, 0) is 0 Å². The third-order valence-corrected chi connectivity index (χ3v) is 16.7. The molecule has 25 heavy (non-hydrogen) atoms. The second-order valence-electron chi connectivity index (χ2n) is 12.5. The van der Waals surface area contributed by atoms with Gasteiger partial charge >= 0.3 is 174 Å². The fraction of sp³-hybridized carbons (Fsp3) is 1.00. The van der Waals surface area contributed by atoms with E-state index in [4.69, 9.17) is 0 Å². The first kappa shape index (κ1) is 26.1. The zero-order valence-electron chi connectivity index (χ0n) is 20.1. The van der Waals surface area contributed by atoms with E-state index in [-0.39, 0.29) is 32.9 Å². The predicted octanol–water partition coefficient (Wildman–Crippen LogP) is 5.60. The molecule has 0 aliphatic carbocycles. The topological polar surface area (TPSA) is 36.1 Å². The van der Waals surface area contributed by atoms with Crippen LogP contribution >= 0.6 is 0 Å². The van der Waals surface area contributed by atoms with Gasteiger partial charge in [0.1, 0.15) is 0 Å². The molecule has 3 nitrogen and oxygen atoms in total. The van der Waals surface area contributed by atoms with Crippen LogP contribution in [0.4, 0.5) is 0 Å². The van der Waals surface area contributed by atoms with Gasteiger partial charge in [-0.1, -0.05) is 0 Å². The summed E-state index contributed by atoms with van der Waals surface area (Å²) in [4.78, 5) is 0. The summed E-state index contributed by atoms with van der Waals surface area (Å²) in [6.45, 7) is 35.0. The van der Waals surface area contributed by atoms with Crippen LogP contribution in [0.25, 0.3) is 0 Å². The number of nitrogens with one attached hydrogen (secondary N) is 3. The van der Waals surface area contributed by atoms with Crippen molar-refractivity contribution in [3.05, 3.63) is 0 Å². The third-order valence-electron chi connectivity index (χ3n) is 7.14. The molecule has 150 valence electrons. The zero-order chi connectivity index (χ0) is 20.7. The molecule has 0 atom stereocenters. The van der Waals surface area contributed by atoms with Gasteiger partial charge in [0.25, 0.3) is 0 Å². The average Bonchev–Trinajstić information content (AvgIpc) is 2.21. The van der Waals surface area contributed by atoms with Crippen molar-refractivity contribution in [1.82, 2.24) is 6.24 Å². The molecule has 0 aromatic rings. The fourth-order valence-electron chi connectivity index (χ4n) is 1.84. The number of hydrogen-bond acceptors (Lipinski definition) is 3.